The molecule has 0 unspecified atom stereocenters. The lowest BCUT2D eigenvalue weighted by atomic mass is 10.2. The van der Waals surface area contributed by atoms with Crippen LogP contribution in [0.1, 0.15) is 0 Å². The van der Waals surface area contributed by atoms with Crippen molar-refractivity contribution in [2.75, 3.05) is 19.5 Å². The van der Waals surface area contributed by atoms with Crippen LogP contribution >= 0.6 is 11.8 Å². The van der Waals surface area contributed by atoms with Gasteiger partial charge in [0, 0.05) is 4.90 Å². The van der Waals surface area contributed by atoms with Gasteiger partial charge in [-0.15, -0.1) is 0 Å². The Hall–Kier alpha value is -2.36. The highest BCUT2D eigenvalue weighted by atomic mass is 32.2. The average molecular weight is 351 g/mol. The molecule has 1 rings (SSSR count). The van der Waals surface area contributed by atoms with Gasteiger partial charge in [-0.3, -0.25) is 0 Å². The molecule has 0 bridgehead atoms. The molecule has 6 nitrogen and oxygen atoms in total. The zero-order valence-corrected chi connectivity index (χ0v) is 12.7. The van der Waals surface area contributed by atoms with Gasteiger partial charge in [0.15, 0.2) is 0 Å². The lowest BCUT2D eigenvalue weighted by Crippen LogP contribution is -2.15. The number of carbonyl (C=O) groups excluding carboxylic acids is 2. The Kier molecular flexibility index (Phi) is 6.31. The lowest BCUT2D eigenvalue weighted by molar-refractivity contribution is -0.138. The van der Waals surface area contributed by atoms with Crippen molar-refractivity contribution in [2.24, 2.45) is 0 Å². The number of methoxy groups -OCH3 is 2. The van der Waals surface area contributed by atoms with Gasteiger partial charge in [0.1, 0.15) is 11.4 Å². The summed E-state index contributed by atoms with van der Waals surface area (Å²) in [5.41, 5.74) is -5.13. The van der Waals surface area contributed by atoms with Crippen LogP contribution < -0.4 is 5.32 Å². The minimum atomic E-state index is -4.51. The number of phenolic OH excluding ortho intramolecular Hbond substituents is 1. The number of alkyl halides is 3. The highest BCUT2D eigenvalue weighted by molar-refractivity contribution is 8.00. The van der Waals surface area contributed by atoms with Crippen LogP contribution in [-0.2, 0) is 19.1 Å². The number of hydrogen-bond donors (Lipinski definition) is 2. The number of thioether (sulfide) groups is 1. The zero-order valence-electron chi connectivity index (χ0n) is 11.9. The monoisotopic (exact) mass is 351 g/mol. The van der Waals surface area contributed by atoms with Crippen LogP contribution in [-0.4, -0.2) is 36.8 Å². The van der Waals surface area contributed by atoms with Gasteiger partial charge in [0.05, 0.1) is 26.0 Å². The van der Waals surface area contributed by atoms with E-state index in [2.05, 4.69) is 14.8 Å². The molecule has 1 aromatic carbocycles. The fraction of sp³-hybridized carbons (Fsp3) is 0.231. The van der Waals surface area contributed by atoms with Crippen molar-refractivity contribution in [1.82, 2.24) is 0 Å². The number of esters is 2. The summed E-state index contributed by atoms with van der Waals surface area (Å²) >= 11 is -0.395. The molecule has 0 spiro atoms. The molecule has 0 aromatic heterocycles. The van der Waals surface area contributed by atoms with E-state index in [1.165, 1.54) is 0 Å². The maximum Gasteiger partial charge on any atom is 0.446 e. The van der Waals surface area contributed by atoms with E-state index in [0.717, 1.165) is 38.5 Å². The highest BCUT2D eigenvalue weighted by Crippen LogP contribution is 2.39. The molecule has 0 heterocycles. The van der Waals surface area contributed by atoms with Crippen LogP contribution in [0, 0.1) is 0 Å². The number of benzene rings is 1. The third kappa shape index (κ3) is 6.10. The van der Waals surface area contributed by atoms with Crippen molar-refractivity contribution in [3.8, 4) is 5.75 Å². The first-order valence-corrected chi connectivity index (χ1v) is 6.71. The Morgan fingerprint density at radius 3 is 2.43 bits per heavy atom. The van der Waals surface area contributed by atoms with E-state index in [1.807, 2.05) is 0 Å². The van der Waals surface area contributed by atoms with E-state index < -0.39 is 40.7 Å². The maximum absolute atomic E-state index is 12.4. The largest absolute Gasteiger partial charge is 0.506 e. The molecule has 0 aliphatic heterocycles. The molecule has 23 heavy (non-hydrogen) atoms. The van der Waals surface area contributed by atoms with E-state index in [-0.39, 0.29) is 10.6 Å². The van der Waals surface area contributed by atoms with Gasteiger partial charge in [-0.25, -0.2) is 9.59 Å². The number of halogens is 3. The summed E-state index contributed by atoms with van der Waals surface area (Å²) in [6.07, 6.45) is 0.745. The van der Waals surface area contributed by atoms with E-state index in [9.17, 15) is 27.9 Å². The first-order chi connectivity index (χ1) is 10.7. The maximum atomic E-state index is 12.4. The SMILES string of the molecule is COC(=O)/C=C(/Nc1cc(SC(F)(F)F)ccc1O)C(=O)OC. The van der Waals surface area contributed by atoms with E-state index in [0.29, 0.717) is 0 Å². The fourth-order valence-electron chi connectivity index (χ4n) is 1.39. The lowest BCUT2D eigenvalue weighted by Gasteiger charge is -2.12. The van der Waals surface area contributed by atoms with Crippen LogP contribution in [0.15, 0.2) is 34.9 Å². The van der Waals surface area contributed by atoms with Crippen LogP contribution in [0.3, 0.4) is 0 Å². The molecular formula is C13H12F3NO5S. The van der Waals surface area contributed by atoms with Crippen molar-refractivity contribution in [3.63, 3.8) is 0 Å². The second-order valence-corrected chi connectivity index (χ2v) is 5.06. The van der Waals surface area contributed by atoms with Gasteiger partial charge in [-0.1, -0.05) is 0 Å². The summed E-state index contributed by atoms with van der Waals surface area (Å²) < 4.78 is 45.9. The van der Waals surface area contributed by atoms with Crippen molar-refractivity contribution in [3.05, 3.63) is 30.0 Å². The second kappa shape index (κ2) is 7.77. The van der Waals surface area contributed by atoms with Gasteiger partial charge in [0.25, 0.3) is 0 Å². The smallest absolute Gasteiger partial charge is 0.446 e. The minimum absolute atomic E-state index is 0.209. The summed E-state index contributed by atoms with van der Waals surface area (Å²) in [4.78, 5) is 22.6. The fourth-order valence-corrected chi connectivity index (χ4v) is 1.97. The molecule has 126 valence electrons. The topological polar surface area (TPSA) is 84.9 Å². The van der Waals surface area contributed by atoms with Crippen LogP contribution in [0.2, 0.25) is 0 Å². The summed E-state index contributed by atoms with van der Waals surface area (Å²) in [6, 6.07) is 3.05. The molecule has 0 saturated carbocycles. The van der Waals surface area contributed by atoms with Crippen LogP contribution in [0.4, 0.5) is 18.9 Å². The second-order valence-electron chi connectivity index (χ2n) is 3.92. The molecular weight excluding hydrogens is 339 g/mol. The normalized spacial score (nSPS) is 11.8. The van der Waals surface area contributed by atoms with Crippen molar-refractivity contribution >= 4 is 29.4 Å². The van der Waals surface area contributed by atoms with Gasteiger partial charge in [-0.2, -0.15) is 13.2 Å². The molecule has 0 atom stereocenters. The van der Waals surface area contributed by atoms with Crippen LogP contribution in [0.5, 0.6) is 5.75 Å². The van der Waals surface area contributed by atoms with E-state index in [4.69, 9.17) is 0 Å². The zero-order chi connectivity index (χ0) is 17.6. The standard InChI is InChI=1S/C13H12F3NO5S/c1-21-11(19)6-9(12(20)22-2)17-8-5-7(3-4-10(8)18)23-13(14,15)16/h3-6,17-18H,1-2H3/b9-6+. The first-order valence-electron chi connectivity index (χ1n) is 5.90. The summed E-state index contributed by atoms with van der Waals surface area (Å²) in [5.74, 6) is -2.28. The predicted octanol–water partition coefficient (Wildman–Crippen LogP) is 2.65. The van der Waals surface area contributed by atoms with Crippen molar-refractivity contribution < 1.29 is 37.3 Å². The third-order valence-electron chi connectivity index (χ3n) is 2.34. The summed E-state index contributed by atoms with van der Waals surface area (Å²) in [7, 11) is 2.12. The molecule has 10 heteroatoms. The molecule has 0 amide bonds. The number of nitrogens with one attached hydrogen (secondary N) is 1. The molecule has 0 saturated heterocycles. The number of carbonyl (C=O) groups is 2. The number of aromatic hydroxyl groups is 1. The third-order valence-corrected chi connectivity index (χ3v) is 3.06. The average Bonchev–Trinajstić information content (AvgIpc) is 2.47. The first kappa shape index (κ1) is 18.7. The Labute approximate surface area is 133 Å². The summed E-state index contributed by atoms with van der Waals surface area (Å²) in [5, 5.41) is 12.0. The highest BCUT2D eigenvalue weighted by Gasteiger charge is 2.29. The predicted molar refractivity (Wildman–Crippen MR) is 75.8 cm³/mol. The Balaban J connectivity index is 3.13. The minimum Gasteiger partial charge on any atom is -0.506 e. The Morgan fingerprint density at radius 2 is 1.91 bits per heavy atom. The van der Waals surface area contributed by atoms with Crippen molar-refractivity contribution in [1.29, 1.82) is 0 Å². The van der Waals surface area contributed by atoms with Gasteiger partial charge in [0.2, 0.25) is 0 Å². The van der Waals surface area contributed by atoms with Gasteiger partial charge < -0.3 is 19.9 Å². The number of hydrogen-bond acceptors (Lipinski definition) is 7. The molecule has 0 radical (unpaired) electrons. The van der Waals surface area contributed by atoms with E-state index >= 15 is 0 Å². The van der Waals surface area contributed by atoms with E-state index in [1.54, 1.807) is 0 Å². The Bertz CT molecular complexity index is 631. The number of rotatable bonds is 5. The Morgan fingerprint density at radius 1 is 1.26 bits per heavy atom. The number of anilines is 1. The van der Waals surface area contributed by atoms with Crippen molar-refractivity contribution in [2.45, 2.75) is 10.4 Å². The molecule has 2 N–H and O–H groups in total. The molecule has 0 aliphatic carbocycles. The van der Waals surface area contributed by atoms with Gasteiger partial charge in [-0.05, 0) is 30.0 Å². The molecule has 1 aromatic rings. The quantitative estimate of drug-likeness (QED) is 0.365. The summed E-state index contributed by atoms with van der Waals surface area (Å²) in [6.45, 7) is 0. The van der Waals surface area contributed by atoms with Crippen LogP contribution in [0.25, 0.3) is 0 Å². The number of ether oxygens (including phenoxy) is 2. The molecule has 0 fully saturated rings. The molecule has 0 aliphatic rings. The number of phenols is 1. The van der Waals surface area contributed by atoms with Gasteiger partial charge >= 0.3 is 17.4 Å².